The molecule has 0 fully saturated rings. The van der Waals surface area contributed by atoms with Gasteiger partial charge in [0.05, 0.1) is 6.04 Å². The number of hydrogen-bond acceptors (Lipinski definition) is 3. The van der Waals surface area contributed by atoms with E-state index in [4.69, 9.17) is 17.3 Å². The number of halogens is 1. The van der Waals surface area contributed by atoms with Crippen molar-refractivity contribution in [2.75, 3.05) is 0 Å². The van der Waals surface area contributed by atoms with Gasteiger partial charge < -0.3 is 16.4 Å². The van der Waals surface area contributed by atoms with Crippen molar-refractivity contribution >= 4 is 23.4 Å². The van der Waals surface area contributed by atoms with Crippen LogP contribution in [-0.4, -0.2) is 23.4 Å². The van der Waals surface area contributed by atoms with Crippen LogP contribution in [-0.2, 0) is 11.3 Å². The lowest BCUT2D eigenvalue weighted by molar-refractivity contribution is -0.124. The molecule has 6 heteroatoms. The monoisotopic (exact) mass is 311 g/mol. The first-order chi connectivity index (χ1) is 9.60. The lowest BCUT2D eigenvalue weighted by Gasteiger charge is -2.23. The van der Waals surface area contributed by atoms with E-state index < -0.39 is 5.91 Å². The third kappa shape index (κ3) is 5.73. The fourth-order valence-corrected chi connectivity index (χ4v) is 1.92. The molecule has 0 saturated heterocycles. The molecule has 21 heavy (non-hydrogen) atoms. The number of rotatable bonds is 5. The Balaban J connectivity index is 2.63. The van der Waals surface area contributed by atoms with Gasteiger partial charge in [-0.2, -0.15) is 0 Å². The van der Waals surface area contributed by atoms with Crippen LogP contribution in [0.3, 0.4) is 0 Å². The van der Waals surface area contributed by atoms with Gasteiger partial charge in [-0.25, -0.2) is 0 Å². The average Bonchev–Trinajstić information content (AvgIpc) is 2.34. The standard InChI is InChI=1S/C15H22ClN3O2/c1-9(14(21)19-15(2,3)4)18-8-11-6-5-10(13(17)20)7-12(11)16/h5-7,9,18H,8H2,1-4H3,(H2,17,20)(H,19,21). The molecule has 0 bridgehead atoms. The lowest BCUT2D eigenvalue weighted by Crippen LogP contribution is -2.49. The molecule has 116 valence electrons. The minimum atomic E-state index is -0.519. The van der Waals surface area contributed by atoms with Crippen LogP contribution in [0.15, 0.2) is 18.2 Å². The molecule has 1 aromatic carbocycles. The van der Waals surface area contributed by atoms with Gasteiger partial charge in [0.2, 0.25) is 11.8 Å². The van der Waals surface area contributed by atoms with E-state index in [-0.39, 0.29) is 17.5 Å². The van der Waals surface area contributed by atoms with Crippen molar-refractivity contribution < 1.29 is 9.59 Å². The summed E-state index contributed by atoms with van der Waals surface area (Å²) >= 11 is 6.09. The molecule has 0 aliphatic rings. The van der Waals surface area contributed by atoms with Crippen molar-refractivity contribution in [2.24, 2.45) is 5.73 Å². The molecule has 0 saturated carbocycles. The van der Waals surface area contributed by atoms with E-state index in [0.29, 0.717) is 17.1 Å². The molecule has 0 aliphatic heterocycles. The summed E-state index contributed by atoms with van der Waals surface area (Å²) in [7, 11) is 0. The SMILES string of the molecule is CC(NCc1ccc(C(N)=O)cc1Cl)C(=O)NC(C)(C)C. The number of primary amides is 1. The summed E-state index contributed by atoms with van der Waals surface area (Å²) in [5.41, 5.74) is 6.08. The summed E-state index contributed by atoms with van der Waals surface area (Å²) < 4.78 is 0. The van der Waals surface area contributed by atoms with E-state index in [1.54, 1.807) is 19.1 Å². The molecule has 0 aliphatic carbocycles. The Morgan fingerprint density at radius 3 is 2.43 bits per heavy atom. The van der Waals surface area contributed by atoms with Gasteiger partial charge in [-0.3, -0.25) is 9.59 Å². The molecule has 0 spiro atoms. The molecular weight excluding hydrogens is 290 g/mol. The molecule has 1 unspecified atom stereocenters. The highest BCUT2D eigenvalue weighted by atomic mass is 35.5. The molecule has 2 amide bonds. The predicted molar refractivity (Wildman–Crippen MR) is 84.2 cm³/mol. The third-order valence-electron chi connectivity index (χ3n) is 2.83. The fraction of sp³-hybridized carbons (Fsp3) is 0.467. The maximum absolute atomic E-state index is 11.9. The van der Waals surface area contributed by atoms with E-state index in [1.807, 2.05) is 20.8 Å². The van der Waals surface area contributed by atoms with Crippen LogP contribution in [0.5, 0.6) is 0 Å². The van der Waals surface area contributed by atoms with Gasteiger partial charge in [0.1, 0.15) is 0 Å². The Bertz CT molecular complexity index is 538. The predicted octanol–water partition coefficient (Wildman–Crippen LogP) is 1.83. The first-order valence-electron chi connectivity index (χ1n) is 6.74. The van der Waals surface area contributed by atoms with Gasteiger partial charge in [0, 0.05) is 22.7 Å². The van der Waals surface area contributed by atoms with Gasteiger partial charge in [-0.15, -0.1) is 0 Å². The number of carbonyl (C=O) groups excluding carboxylic acids is 2. The molecule has 0 aromatic heterocycles. The molecule has 0 radical (unpaired) electrons. The van der Waals surface area contributed by atoms with Crippen LogP contribution in [0.1, 0.15) is 43.6 Å². The molecular formula is C15H22ClN3O2. The van der Waals surface area contributed by atoms with E-state index in [0.717, 1.165) is 5.56 Å². The molecule has 1 atom stereocenters. The van der Waals surface area contributed by atoms with Crippen molar-refractivity contribution in [1.29, 1.82) is 0 Å². The number of nitrogens with one attached hydrogen (secondary N) is 2. The first-order valence-corrected chi connectivity index (χ1v) is 7.11. The Morgan fingerprint density at radius 1 is 1.33 bits per heavy atom. The third-order valence-corrected chi connectivity index (χ3v) is 3.18. The highest BCUT2D eigenvalue weighted by Gasteiger charge is 2.19. The summed E-state index contributed by atoms with van der Waals surface area (Å²) in [6, 6.07) is 4.52. The minimum Gasteiger partial charge on any atom is -0.366 e. The van der Waals surface area contributed by atoms with Crippen LogP contribution >= 0.6 is 11.6 Å². The van der Waals surface area contributed by atoms with Gasteiger partial charge >= 0.3 is 0 Å². The lowest BCUT2D eigenvalue weighted by atomic mass is 10.1. The first kappa shape index (κ1) is 17.5. The smallest absolute Gasteiger partial charge is 0.248 e. The van der Waals surface area contributed by atoms with Crippen molar-refractivity contribution in [3.8, 4) is 0 Å². The van der Waals surface area contributed by atoms with Crippen molar-refractivity contribution in [3.63, 3.8) is 0 Å². The number of benzene rings is 1. The molecule has 0 heterocycles. The fourth-order valence-electron chi connectivity index (χ4n) is 1.68. The number of amides is 2. The highest BCUT2D eigenvalue weighted by molar-refractivity contribution is 6.31. The number of carbonyl (C=O) groups is 2. The molecule has 5 nitrogen and oxygen atoms in total. The van der Waals surface area contributed by atoms with E-state index >= 15 is 0 Å². The second-order valence-corrected chi connectivity index (χ2v) is 6.42. The van der Waals surface area contributed by atoms with Crippen LogP contribution < -0.4 is 16.4 Å². The van der Waals surface area contributed by atoms with E-state index in [1.165, 1.54) is 6.07 Å². The van der Waals surface area contributed by atoms with Gasteiger partial charge in [-0.05, 0) is 45.4 Å². The molecule has 1 aromatic rings. The minimum absolute atomic E-state index is 0.0765. The van der Waals surface area contributed by atoms with Gasteiger partial charge in [0.15, 0.2) is 0 Å². The molecule has 1 rings (SSSR count). The molecule has 4 N–H and O–H groups in total. The second-order valence-electron chi connectivity index (χ2n) is 6.01. The van der Waals surface area contributed by atoms with Crippen LogP contribution in [0.2, 0.25) is 5.02 Å². The van der Waals surface area contributed by atoms with Gasteiger partial charge in [0.25, 0.3) is 0 Å². The second kappa shape index (κ2) is 6.91. The normalized spacial score (nSPS) is 12.8. The van der Waals surface area contributed by atoms with Crippen molar-refractivity contribution in [1.82, 2.24) is 10.6 Å². The van der Waals surface area contributed by atoms with E-state index in [9.17, 15) is 9.59 Å². The van der Waals surface area contributed by atoms with Crippen LogP contribution in [0.4, 0.5) is 0 Å². The van der Waals surface area contributed by atoms with Crippen LogP contribution in [0, 0.1) is 0 Å². The summed E-state index contributed by atoms with van der Waals surface area (Å²) in [4.78, 5) is 23.0. The number of nitrogens with two attached hydrogens (primary N) is 1. The quantitative estimate of drug-likeness (QED) is 0.775. The zero-order chi connectivity index (χ0) is 16.2. The summed E-state index contributed by atoms with van der Waals surface area (Å²) in [5.74, 6) is -0.596. The Hall–Kier alpha value is -1.59. The topological polar surface area (TPSA) is 84.2 Å². The summed E-state index contributed by atoms with van der Waals surface area (Å²) in [5, 5.41) is 6.44. The highest BCUT2D eigenvalue weighted by Crippen LogP contribution is 2.17. The van der Waals surface area contributed by atoms with Crippen molar-refractivity contribution in [3.05, 3.63) is 34.3 Å². The zero-order valence-corrected chi connectivity index (χ0v) is 13.5. The average molecular weight is 312 g/mol. The Labute approximate surface area is 130 Å². The maximum atomic E-state index is 11.9. The van der Waals surface area contributed by atoms with Gasteiger partial charge in [-0.1, -0.05) is 17.7 Å². The Morgan fingerprint density at radius 2 is 1.95 bits per heavy atom. The summed E-state index contributed by atoms with van der Waals surface area (Å²) in [6.45, 7) is 7.99. The van der Waals surface area contributed by atoms with Crippen molar-refractivity contribution in [2.45, 2.75) is 45.8 Å². The van der Waals surface area contributed by atoms with Crippen LogP contribution in [0.25, 0.3) is 0 Å². The maximum Gasteiger partial charge on any atom is 0.248 e. The largest absolute Gasteiger partial charge is 0.366 e. The summed E-state index contributed by atoms with van der Waals surface area (Å²) in [6.07, 6.45) is 0. The van der Waals surface area contributed by atoms with E-state index in [2.05, 4.69) is 10.6 Å². The number of hydrogen-bond donors (Lipinski definition) is 3. The Kier molecular flexibility index (Phi) is 5.75. The zero-order valence-electron chi connectivity index (χ0n) is 12.8.